The van der Waals surface area contributed by atoms with Gasteiger partial charge in [-0.05, 0) is 36.4 Å². The van der Waals surface area contributed by atoms with Gasteiger partial charge in [0.1, 0.15) is 23.8 Å². The third-order valence-corrected chi connectivity index (χ3v) is 2.95. The monoisotopic (exact) mass is 286 g/mol. The maximum Gasteiger partial charge on any atom is 0.337 e. The van der Waals surface area contributed by atoms with Gasteiger partial charge in [0.2, 0.25) is 0 Å². The second kappa shape index (κ2) is 5.24. The van der Waals surface area contributed by atoms with Gasteiger partial charge >= 0.3 is 5.97 Å². The fourth-order valence-corrected chi connectivity index (χ4v) is 1.93. The molecule has 3 aromatic rings. The van der Waals surface area contributed by atoms with E-state index in [-0.39, 0.29) is 18.0 Å². The van der Waals surface area contributed by atoms with Crippen LogP contribution in [0.15, 0.2) is 48.8 Å². The third-order valence-electron chi connectivity index (χ3n) is 2.95. The highest BCUT2D eigenvalue weighted by atomic mass is 19.1. The number of pyridine rings is 1. The lowest BCUT2D eigenvalue weighted by Crippen LogP contribution is -1.97. The predicted octanol–water partition coefficient (Wildman–Crippen LogP) is 2.75. The number of carboxylic acids is 1. The number of benzene rings is 1. The largest absolute Gasteiger partial charge is 0.487 e. The highest BCUT2D eigenvalue weighted by Crippen LogP contribution is 2.14. The molecule has 0 fully saturated rings. The van der Waals surface area contributed by atoms with Crippen LogP contribution in [0, 0.1) is 5.82 Å². The molecule has 1 aromatic carbocycles. The van der Waals surface area contributed by atoms with Crippen LogP contribution in [0.5, 0.6) is 5.75 Å². The Morgan fingerprint density at radius 3 is 2.67 bits per heavy atom. The van der Waals surface area contributed by atoms with Crippen LogP contribution in [0.25, 0.3) is 5.65 Å². The molecule has 0 amide bonds. The summed E-state index contributed by atoms with van der Waals surface area (Å²) in [5.74, 6) is -0.773. The molecule has 21 heavy (non-hydrogen) atoms. The zero-order valence-electron chi connectivity index (χ0n) is 10.9. The summed E-state index contributed by atoms with van der Waals surface area (Å²) in [5, 5.41) is 8.94. The number of rotatable bonds is 4. The van der Waals surface area contributed by atoms with E-state index in [1.165, 1.54) is 36.5 Å². The molecule has 3 rings (SSSR count). The van der Waals surface area contributed by atoms with Crippen molar-refractivity contribution >= 4 is 11.6 Å². The van der Waals surface area contributed by atoms with Crippen molar-refractivity contribution < 1.29 is 19.0 Å². The molecule has 106 valence electrons. The van der Waals surface area contributed by atoms with Crippen LogP contribution in [0.2, 0.25) is 0 Å². The summed E-state index contributed by atoms with van der Waals surface area (Å²) >= 11 is 0. The van der Waals surface area contributed by atoms with E-state index in [2.05, 4.69) is 4.98 Å². The second-order valence-corrected chi connectivity index (χ2v) is 4.46. The van der Waals surface area contributed by atoms with Gasteiger partial charge in [-0.15, -0.1) is 0 Å². The number of halogens is 1. The average molecular weight is 286 g/mol. The summed E-state index contributed by atoms with van der Waals surface area (Å²) < 4.78 is 19.9. The molecule has 0 radical (unpaired) electrons. The van der Waals surface area contributed by atoms with Crippen LogP contribution in [-0.4, -0.2) is 20.5 Å². The molecular formula is C15H11FN2O3. The van der Waals surface area contributed by atoms with Crippen molar-refractivity contribution in [3.8, 4) is 5.75 Å². The van der Waals surface area contributed by atoms with E-state index in [9.17, 15) is 9.18 Å². The zero-order chi connectivity index (χ0) is 14.8. The molecule has 0 saturated carbocycles. The maximum atomic E-state index is 12.8. The van der Waals surface area contributed by atoms with Crippen LogP contribution in [-0.2, 0) is 6.61 Å². The van der Waals surface area contributed by atoms with Gasteiger partial charge in [-0.1, -0.05) is 0 Å². The summed E-state index contributed by atoms with van der Waals surface area (Å²) in [6.45, 7) is 0.218. The lowest BCUT2D eigenvalue weighted by Gasteiger charge is -2.02. The number of carbonyl (C=O) groups is 1. The zero-order valence-corrected chi connectivity index (χ0v) is 10.9. The predicted molar refractivity (Wildman–Crippen MR) is 72.9 cm³/mol. The van der Waals surface area contributed by atoms with Gasteiger partial charge in [-0.2, -0.15) is 0 Å². The van der Waals surface area contributed by atoms with Gasteiger partial charge in [-0.25, -0.2) is 14.2 Å². The molecule has 2 aromatic heterocycles. The number of carboxylic acid groups (broad SMARTS) is 1. The minimum Gasteiger partial charge on any atom is -0.487 e. The minimum atomic E-state index is -0.991. The van der Waals surface area contributed by atoms with Gasteiger partial charge in [0.15, 0.2) is 0 Å². The Hall–Kier alpha value is -2.89. The van der Waals surface area contributed by atoms with Crippen molar-refractivity contribution in [2.45, 2.75) is 6.61 Å². The molecule has 2 heterocycles. The first-order chi connectivity index (χ1) is 10.1. The van der Waals surface area contributed by atoms with E-state index >= 15 is 0 Å². The van der Waals surface area contributed by atoms with Crippen LogP contribution < -0.4 is 4.74 Å². The number of hydrogen-bond donors (Lipinski definition) is 1. The first kappa shape index (κ1) is 13.1. The average Bonchev–Trinajstić information content (AvgIpc) is 2.88. The van der Waals surface area contributed by atoms with E-state index in [0.29, 0.717) is 17.1 Å². The van der Waals surface area contributed by atoms with Crippen LogP contribution >= 0.6 is 0 Å². The van der Waals surface area contributed by atoms with Gasteiger partial charge < -0.3 is 14.2 Å². The topological polar surface area (TPSA) is 63.8 Å². The summed E-state index contributed by atoms with van der Waals surface area (Å²) in [6.07, 6.45) is 3.19. The lowest BCUT2D eigenvalue weighted by molar-refractivity contribution is 0.0696. The smallest absolute Gasteiger partial charge is 0.337 e. The number of aromatic carboxylic acids is 1. The fourth-order valence-electron chi connectivity index (χ4n) is 1.93. The van der Waals surface area contributed by atoms with Gasteiger partial charge in [0.25, 0.3) is 0 Å². The molecule has 0 atom stereocenters. The summed E-state index contributed by atoms with van der Waals surface area (Å²) in [4.78, 5) is 15.2. The minimum absolute atomic E-state index is 0.186. The second-order valence-electron chi connectivity index (χ2n) is 4.46. The molecule has 0 aliphatic heterocycles. The van der Waals surface area contributed by atoms with E-state index in [1.807, 2.05) is 0 Å². The Morgan fingerprint density at radius 1 is 1.19 bits per heavy atom. The van der Waals surface area contributed by atoms with Crippen molar-refractivity contribution in [3.05, 3.63) is 65.9 Å². The van der Waals surface area contributed by atoms with Crippen LogP contribution in [0.3, 0.4) is 0 Å². The summed E-state index contributed by atoms with van der Waals surface area (Å²) in [5.41, 5.74) is 1.48. The van der Waals surface area contributed by atoms with E-state index in [4.69, 9.17) is 9.84 Å². The highest BCUT2D eigenvalue weighted by Gasteiger charge is 2.07. The maximum absolute atomic E-state index is 12.8. The van der Waals surface area contributed by atoms with Crippen molar-refractivity contribution in [2.75, 3.05) is 0 Å². The fraction of sp³-hybridized carbons (Fsp3) is 0.0667. The van der Waals surface area contributed by atoms with Crippen molar-refractivity contribution in [3.63, 3.8) is 0 Å². The van der Waals surface area contributed by atoms with E-state index in [0.717, 1.165) is 0 Å². The Labute approximate surface area is 119 Å². The first-order valence-electron chi connectivity index (χ1n) is 6.21. The van der Waals surface area contributed by atoms with Crippen LogP contribution in [0.4, 0.5) is 4.39 Å². The van der Waals surface area contributed by atoms with Crippen molar-refractivity contribution in [1.82, 2.24) is 9.38 Å². The Bertz CT molecular complexity index is 796. The standard InChI is InChI=1S/C15H11FN2O3/c16-11-2-4-13(5-3-11)21-9-12-8-18-7-10(15(19)20)1-6-14(18)17-12/h1-8H,9H2,(H,19,20). The molecule has 5 nitrogen and oxygen atoms in total. The van der Waals surface area contributed by atoms with E-state index in [1.54, 1.807) is 16.7 Å². The summed E-state index contributed by atoms with van der Waals surface area (Å²) in [7, 11) is 0. The number of aromatic nitrogens is 2. The van der Waals surface area contributed by atoms with Crippen molar-refractivity contribution in [1.29, 1.82) is 0 Å². The van der Waals surface area contributed by atoms with Gasteiger partial charge in [0, 0.05) is 12.4 Å². The SMILES string of the molecule is O=C(O)c1ccc2nc(COc3ccc(F)cc3)cn2c1. The third kappa shape index (κ3) is 2.84. The normalized spacial score (nSPS) is 10.7. The number of ether oxygens (including phenoxy) is 1. The molecule has 0 spiro atoms. The first-order valence-corrected chi connectivity index (χ1v) is 6.21. The van der Waals surface area contributed by atoms with Crippen LogP contribution in [0.1, 0.15) is 16.1 Å². The van der Waals surface area contributed by atoms with Gasteiger partial charge in [-0.3, -0.25) is 0 Å². The Morgan fingerprint density at radius 2 is 1.95 bits per heavy atom. The molecule has 6 heteroatoms. The quantitative estimate of drug-likeness (QED) is 0.801. The molecule has 0 saturated heterocycles. The molecule has 0 aliphatic rings. The number of nitrogens with zero attached hydrogens (tertiary/aromatic N) is 2. The molecule has 0 aliphatic carbocycles. The highest BCUT2D eigenvalue weighted by molar-refractivity contribution is 5.87. The number of hydrogen-bond acceptors (Lipinski definition) is 3. The number of fused-ring (bicyclic) bond motifs is 1. The number of imidazole rings is 1. The Balaban J connectivity index is 1.78. The lowest BCUT2D eigenvalue weighted by atomic mass is 10.3. The van der Waals surface area contributed by atoms with Gasteiger partial charge in [0.05, 0.1) is 11.3 Å². The van der Waals surface area contributed by atoms with E-state index < -0.39 is 5.97 Å². The molecule has 0 unspecified atom stereocenters. The molecule has 0 bridgehead atoms. The Kier molecular flexibility index (Phi) is 3.27. The molecule has 1 N–H and O–H groups in total. The summed E-state index contributed by atoms with van der Waals surface area (Å²) in [6, 6.07) is 8.83. The molecular weight excluding hydrogens is 275 g/mol. The van der Waals surface area contributed by atoms with Crippen molar-refractivity contribution in [2.24, 2.45) is 0 Å².